The molecule has 4 heteroatoms. The van der Waals surface area contributed by atoms with Gasteiger partial charge in [0, 0.05) is 24.1 Å². The van der Waals surface area contributed by atoms with Crippen LogP contribution in [0, 0.1) is 0 Å². The summed E-state index contributed by atoms with van der Waals surface area (Å²) >= 11 is 9.08. The second-order valence-corrected chi connectivity index (χ2v) is 6.47. The second kappa shape index (κ2) is 7.25. The van der Waals surface area contributed by atoms with E-state index >= 15 is 0 Å². The van der Waals surface area contributed by atoms with Gasteiger partial charge in [0.1, 0.15) is 0 Å². The molecule has 0 aliphatic heterocycles. The molecular weight excluding hydrogens is 320 g/mol. The summed E-state index contributed by atoms with van der Waals surface area (Å²) in [5.74, 6) is 0. The normalized spacial score (nSPS) is 16.1. The van der Waals surface area contributed by atoms with E-state index in [-0.39, 0.29) is 0 Å². The molecule has 0 bridgehead atoms. The van der Waals surface area contributed by atoms with Crippen molar-refractivity contribution in [2.45, 2.75) is 44.7 Å². The van der Waals surface area contributed by atoms with E-state index < -0.39 is 0 Å². The van der Waals surface area contributed by atoms with E-state index in [9.17, 15) is 0 Å². The van der Waals surface area contributed by atoms with E-state index in [2.05, 4.69) is 51.4 Å². The highest BCUT2D eigenvalue weighted by Gasteiger charge is 2.16. The van der Waals surface area contributed by atoms with E-state index in [4.69, 9.17) is 12.2 Å². The van der Waals surface area contributed by atoms with Crippen LogP contribution in [-0.4, -0.2) is 23.1 Å². The zero-order valence-corrected chi connectivity index (χ0v) is 13.8. The van der Waals surface area contributed by atoms with Crippen LogP contribution in [-0.2, 0) is 6.54 Å². The number of thiocarbonyl (C=S) groups is 1. The first kappa shape index (κ1) is 14.8. The Morgan fingerprint density at radius 3 is 2.68 bits per heavy atom. The molecule has 2 nitrogen and oxygen atoms in total. The topological polar surface area (TPSA) is 15.3 Å². The first-order valence-electron chi connectivity index (χ1n) is 6.92. The molecule has 19 heavy (non-hydrogen) atoms. The molecule has 0 radical (unpaired) electrons. The van der Waals surface area contributed by atoms with Gasteiger partial charge < -0.3 is 10.2 Å². The Morgan fingerprint density at radius 1 is 1.32 bits per heavy atom. The Balaban J connectivity index is 1.87. The summed E-state index contributed by atoms with van der Waals surface area (Å²) in [6.07, 6.45) is 6.53. The molecule has 1 N–H and O–H groups in total. The van der Waals surface area contributed by atoms with Crippen LogP contribution >= 0.6 is 28.1 Å². The molecule has 104 valence electrons. The van der Waals surface area contributed by atoms with Crippen molar-refractivity contribution in [3.8, 4) is 0 Å². The van der Waals surface area contributed by atoms with Gasteiger partial charge in [-0.15, -0.1) is 0 Å². The third-order valence-corrected chi connectivity index (χ3v) is 4.85. The third-order valence-electron chi connectivity index (χ3n) is 3.64. The minimum absolute atomic E-state index is 0.572. The van der Waals surface area contributed by atoms with Gasteiger partial charge in [0.25, 0.3) is 0 Å². The first-order chi connectivity index (χ1) is 9.16. The minimum Gasteiger partial charge on any atom is -0.360 e. The number of nitrogens with one attached hydrogen (secondary N) is 1. The lowest BCUT2D eigenvalue weighted by Crippen LogP contribution is -2.43. The molecule has 1 fully saturated rings. The number of hydrogen-bond donors (Lipinski definition) is 1. The van der Waals surface area contributed by atoms with E-state index in [1.165, 1.54) is 37.7 Å². The van der Waals surface area contributed by atoms with Crippen molar-refractivity contribution in [2.24, 2.45) is 0 Å². The Morgan fingerprint density at radius 2 is 2.00 bits per heavy atom. The maximum atomic E-state index is 5.50. The smallest absolute Gasteiger partial charge is 0.169 e. The summed E-state index contributed by atoms with van der Waals surface area (Å²) in [4.78, 5) is 2.12. The minimum atomic E-state index is 0.572. The lowest BCUT2D eigenvalue weighted by atomic mass is 9.96. The van der Waals surface area contributed by atoms with Crippen LogP contribution < -0.4 is 5.32 Å². The largest absolute Gasteiger partial charge is 0.360 e. The molecule has 1 aromatic carbocycles. The van der Waals surface area contributed by atoms with Crippen molar-refractivity contribution in [1.82, 2.24) is 10.2 Å². The van der Waals surface area contributed by atoms with Crippen LogP contribution in [0.25, 0.3) is 0 Å². The molecule has 0 unspecified atom stereocenters. The lowest BCUT2D eigenvalue weighted by Gasteiger charge is -2.28. The number of nitrogens with zero attached hydrogens (tertiary/aromatic N) is 1. The fourth-order valence-electron chi connectivity index (χ4n) is 2.49. The summed E-state index contributed by atoms with van der Waals surface area (Å²) < 4.78 is 1.14. The number of benzene rings is 1. The molecule has 0 amide bonds. The zero-order valence-electron chi connectivity index (χ0n) is 11.4. The monoisotopic (exact) mass is 340 g/mol. The molecule has 1 aliphatic carbocycles. The molecule has 1 saturated carbocycles. The van der Waals surface area contributed by atoms with E-state index in [0.717, 1.165) is 16.1 Å². The van der Waals surface area contributed by atoms with Gasteiger partial charge in [-0.25, -0.2) is 0 Å². The predicted octanol–water partition coefficient (Wildman–Crippen LogP) is 4.09. The molecular formula is C15H21BrN2S. The lowest BCUT2D eigenvalue weighted by molar-refractivity contribution is 0.392. The van der Waals surface area contributed by atoms with Crippen molar-refractivity contribution in [3.05, 3.63) is 34.3 Å². The van der Waals surface area contributed by atoms with Crippen LogP contribution in [0.2, 0.25) is 0 Å². The molecule has 0 atom stereocenters. The van der Waals surface area contributed by atoms with Gasteiger partial charge >= 0.3 is 0 Å². The number of halogens is 1. The third kappa shape index (κ3) is 4.46. The summed E-state index contributed by atoms with van der Waals surface area (Å²) in [5, 5.41) is 4.36. The van der Waals surface area contributed by atoms with Crippen LogP contribution in [0.3, 0.4) is 0 Å². The molecule has 1 aliphatic rings. The van der Waals surface area contributed by atoms with Crippen LogP contribution in [0.15, 0.2) is 28.7 Å². The average molecular weight is 341 g/mol. The fraction of sp³-hybridized carbons (Fsp3) is 0.533. The van der Waals surface area contributed by atoms with Crippen LogP contribution in [0.5, 0.6) is 0 Å². The molecule has 0 heterocycles. The quantitative estimate of drug-likeness (QED) is 0.834. The maximum absolute atomic E-state index is 5.50. The highest BCUT2D eigenvalue weighted by molar-refractivity contribution is 9.10. The van der Waals surface area contributed by atoms with E-state index in [1.54, 1.807) is 0 Å². The molecule has 0 aromatic heterocycles. The summed E-state index contributed by atoms with van der Waals surface area (Å²) in [6, 6.07) is 8.87. The van der Waals surface area contributed by atoms with Crippen LogP contribution in [0.4, 0.5) is 0 Å². The average Bonchev–Trinajstić information content (AvgIpc) is 2.42. The number of hydrogen-bond acceptors (Lipinski definition) is 1. The number of rotatable bonds is 3. The van der Waals surface area contributed by atoms with Gasteiger partial charge in [-0.3, -0.25) is 0 Å². The Bertz CT molecular complexity index is 430. The standard InChI is InChI=1S/C15H21BrN2S/c1-18(11-12-7-5-6-10-14(12)16)15(19)17-13-8-3-2-4-9-13/h5-7,10,13H,2-4,8-9,11H2,1H3,(H,17,19). The second-order valence-electron chi connectivity index (χ2n) is 5.23. The van der Waals surface area contributed by atoms with Gasteiger partial charge in [0.15, 0.2) is 5.11 Å². The Labute approximate surface area is 129 Å². The molecule has 0 spiro atoms. The van der Waals surface area contributed by atoms with Gasteiger partial charge in [-0.1, -0.05) is 53.4 Å². The van der Waals surface area contributed by atoms with Crippen molar-refractivity contribution < 1.29 is 0 Å². The molecule has 0 saturated heterocycles. The summed E-state index contributed by atoms with van der Waals surface area (Å²) in [5.41, 5.74) is 1.26. The van der Waals surface area contributed by atoms with Crippen molar-refractivity contribution in [3.63, 3.8) is 0 Å². The summed E-state index contributed by atoms with van der Waals surface area (Å²) in [7, 11) is 2.05. The van der Waals surface area contributed by atoms with Crippen molar-refractivity contribution >= 4 is 33.3 Å². The van der Waals surface area contributed by atoms with Gasteiger partial charge in [-0.2, -0.15) is 0 Å². The van der Waals surface area contributed by atoms with Crippen molar-refractivity contribution in [1.29, 1.82) is 0 Å². The maximum Gasteiger partial charge on any atom is 0.169 e. The van der Waals surface area contributed by atoms with E-state index in [0.29, 0.717) is 6.04 Å². The molecule has 2 rings (SSSR count). The van der Waals surface area contributed by atoms with Gasteiger partial charge in [-0.05, 0) is 36.7 Å². The predicted molar refractivity (Wildman–Crippen MR) is 88.2 cm³/mol. The highest BCUT2D eigenvalue weighted by Crippen LogP contribution is 2.19. The SMILES string of the molecule is CN(Cc1ccccc1Br)C(=S)NC1CCCCC1. The first-order valence-corrected chi connectivity index (χ1v) is 8.12. The fourth-order valence-corrected chi connectivity index (χ4v) is 3.13. The molecule has 1 aromatic rings. The van der Waals surface area contributed by atoms with E-state index in [1.807, 2.05) is 6.07 Å². The zero-order chi connectivity index (χ0) is 13.7. The Kier molecular flexibility index (Phi) is 5.64. The van der Waals surface area contributed by atoms with Gasteiger partial charge in [0.2, 0.25) is 0 Å². The summed E-state index contributed by atoms with van der Waals surface area (Å²) in [6.45, 7) is 0.833. The van der Waals surface area contributed by atoms with Crippen LogP contribution in [0.1, 0.15) is 37.7 Å². The van der Waals surface area contributed by atoms with Gasteiger partial charge in [0.05, 0.1) is 0 Å². The Hall–Kier alpha value is -0.610. The van der Waals surface area contributed by atoms with Crippen molar-refractivity contribution in [2.75, 3.05) is 7.05 Å². The highest BCUT2D eigenvalue weighted by atomic mass is 79.9.